The zero-order valence-electron chi connectivity index (χ0n) is 12.4. The van der Waals surface area contributed by atoms with Crippen LogP contribution in [-0.2, 0) is 16.6 Å². The van der Waals surface area contributed by atoms with E-state index in [1.807, 2.05) is 24.3 Å². The molecular formula is C16H15N3O3S. The highest BCUT2D eigenvalue weighted by Gasteiger charge is 2.15. The van der Waals surface area contributed by atoms with Gasteiger partial charge in [0.15, 0.2) is 5.78 Å². The summed E-state index contributed by atoms with van der Waals surface area (Å²) >= 11 is 0. The largest absolute Gasteiger partial charge is 0.295 e. The minimum Gasteiger partial charge on any atom is -0.295 e. The van der Waals surface area contributed by atoms with Crippen LogP contribution in [-0.4, -0.2) is 23.8 Å². The van der Waals surface area contributed by atoms with Gasteiger partial charge in [0.1, 0.15) is 0 Å². The third-order valence-corrected chi connectivity index (χ3v) is 4.81. The van der Waals surface area contributed by atoms with Gasteiger partial charge in [-0.3, -0.25) is 4.79 Å². The topological polar surface area (TPSA) is 80.5 Å². The molecule has 23 heavy (non-hydrogen) atoms. The number of carbonyl (C=O) groups excluding carboxylic acids is 1. The van der Waals surface area contributed by atoms with Crippen LogP contribution in [0.2, 0.25) is 0 Å². The highest BCUT2D eigenvalue weighted by atomic mass is 32.2. The van der Waals surface area contributed by atoms with Gasteiger partial charge in [0.05, 0.1) is 22.7 Å². The Morgan fingerprint density at radius 1 is 1.17 bits per heavy atom. The summed E-state index contributed by atoms with van der Waals surface area (Å²) in [6.07, 6.45) is 1.80. The second kappa shape index (κ2) is 5.94. The molecule has 0 aliphatic heterocycles. The number of benzene rings is 1. The monoisotopic (exact) mass is 329 g/mol. The van der Waals surface area contributed by atoms with Crippen molar-refractivity contribution >= 4 is 21.3 Å². The highest BCUT2D eigenvalue weighted by Crippen LogP contribution is 2.13. The average molecular weight is 329 g/mol. The summed E-state index contributed by atoms with van der Waals surface area (Å²) in [7, 11) is -3.70. The molecule has 0 unspecified atom stereocenters. The van der Waals surface area contributed by atoms with Gasteiger partial charge in [-0.05, 0) is 37.3 Å². The molecule has 2 aromatic heterocycles. The Labute approximate surface area is 133 Å². The standard InChI is InChI=1S/C16H15N3O3S/c1-12(20)13-5-4-7-16(9-13)23(21,22)17-11-14-10-15-6-2-3-8-19(15)18-14/h2-10,17H,11H2,1H3. The number of aromatic nitrogens is 2. The van der Waals surface area contributed by atoms with Crippen molar-refractivity contribution < 1.29 is 13.2 Å². The first-order valence-electron chi connectivity index (χ1n) is 7.00. The van der Waals surface area contributed by atoms with Crippen molar-refractivity contribution in [2.24, 2.45) is 0 Å². The van der Waals surface area contributed by atoms with Crippen molar-refractivity contribution in [3.05, 3.63) is 66.0 Å². The number of nitrogens with one attached hydrogen (secondary N) is 1. The number of sulfonamides is 1. The fourth-order valence-corrected chi connectivity index (χ4v) is 3.26. The number of pyridine rings is 1. The normalized spacial score (nSPS) is 11.7. The molecule has 0 saturated heterocycles. The molecule has 3 rings (SSSR count). The van der Waals surface area contributed by atoms with E-state index < -0.39 is 10.0 Å². The Morgan fingerprint density at radius 2 is 2.00 bits per heavy atom. The summed E-state index contributed by atoms with van der Waals surface area (Å²) in [4.78, 5) is 11.4. The molecule has 0 saturated carbocycles. The Hall–Kier alpha value is -2.51. The Morgan fingerprint density at radius 3 is 2.74 bits per heavy atom. The van der Waals surface area contributed by atoms with Crippen molar-refractivity contribution in [2.45, 2.75) is 18.4 Å². The van der Waals surface area contributed by atoms with E-state index >= 15 is 0 Å². The molecule has 0 spiro atoms. The number of hydrogen-bond acceptors (Lipinski definition) is 4. The van der Waals surface area contributed by atoms with Crippen LogP contribution in [0.4, 0.5) is 0 Å². The summed E-state index contributed by atoms with van der Waals surface area (Å²) in [5, 5.41) is 4.29. The lowest BCUT2D eigenvalue weighted by molar-refractivity contribution is 0.101. The van der Waals surface area contributed by atoms with Crippen LogP contribution < -0.4 is 4.72 Å². The number of hydrogen-bond donors (Lipinski definition) is 1. The first-order valence-corrected chi connectivity index (χ1v) is 8.48. The highest BCUT2D eigenvalue weighted by molar-refractivity contribution is 7.89. The Bertz CT molecular complexity index is 944. The van der Waals surface area contributed by atoms with Crippen molar-refractivity contribution in [1.29, 1.82) is 0 Å². The molecule has 6 nitrogen and oxygen atoms in total. The van der Waals surface area contributed by atoms with Gasteiger partial charge in [-0.25, -0.2) is 17.7 Å². The second-order valence-electron chi connectivity index (χ2n) is 5.11. The molecule has 0 aliphatic rings. The molecule has 118 valence electrons. The first-order chi connectivity index (χ1) is 11.0. The van der Waals surface area contributed by atoms with Crippen molar-refractivity contribution in [2.75, 3.05) is 0 Å². The van der Waals surface area contributed by atoms with Crippen LogP contribution in [0.5, 0.6) is 0 Å². The Kier molecular flexibility index (Phi) is 3.97. The SMILES string of the molecule is CC(=O)c1cccc(S(=O)(=O)NCc2cc3ccccn3n2)c1. The van der Waals surface area contributed by atoms with Crippen molar-refractivity contribution in [3.63, 3.8) is 0 Å². The number of nitrogens with zero attached hydrogens (tertiary/aromatic N) is 2. The molecule has 0 amide bonds. The molecule has 0 radical (unpaired) electrons. The molecule has 1 aromatic carbocycles. The molecular weight excluding hydrogens is 314 g/mol. The maximum atomic E-state index is 12.3. The van der Waals surface area contributed by atoms with Gasteiger partial charge in [-0.2, -0.15) is 5.10 Å². The van der Waals surface area contributed by atoms with Crippen LogP contribution in [0.15, 0.2) is 59.6 Å². The lowest BCUT2D eigenvalue weighted by atomic mass is 10.2. The fraction of sp³-hybridized carbons (Fsp3) is 0.125. The number of carbonyl (C=O) groups is 1. The summed E-state index contributed by atoms with van der Waals surface area (Å²) in [5.74, 6) is -0.178. The van der Waals surface area contributed by atoms with Gasteiger partial charge in [-0.15, -0.1) is 0 Å². The molecule has 3 aromatic rings. The van der Waals surface area contributed by atoms with E-state index in [4.69, 9.17) is 0 Å². The van der Waals surface area contributed by atoms with Crippen LogP contribution in [0, 0.1) is 0 Å². The van der Waals surface area contributed by atoms with Gasteiger partial charge >= 0.3 is 0 Å². The Balaban J connectivity index is 1.81. The van der Waals surface area contributed by atoms with Crippen molar-refractivity contribution in [1.82, 2.24) is 14.3 Å². The smallest absolute Gasteiger partial charge is 0.240 e. The fourth-order valence-electron chi connectivity index (χ4n) is 2.21. The van der Waals surface area contributed by atoms with E-state index in [1.165, 1.54) is 19.1 Å². The number of Topliss-reactive ketones (excluding diaryl/α,β-unsaturated/α-hetero) is 1. The second-order valence-corrected chi connectivity index (χ2v) is 6.88. The summed E-state index contributed by atoms with van der Waals surface area (Å²) < 4.78 is 28.9. The van der Waals surface area contributed by atoms with E-state index in [-0.39, 0.29) is 17.2 Å². The van der Waals surface area contributed by atoms with Crippen LogP contribution in [0.1, 0.15) is 23.0 Å². The van der Waals surface area contributed by atoms with E-state index in [1.54, 1.807) is 22.8 Å². The molecule has 0 atom stereocenters. The molecule has 7 heteroatoms. The third kappa shape index (κ3) is 3.30. The van der Waals surface area contributed by atoms with Crippen molar-refractivity contribution in [3.8, 4) is 0 Å². The van der Waals surface area contributed by atoms with E-state index in [2.05, 4.69) is 9.82 Å². The zero-order chi connectivity index (χ0) is 16.4. The summed E-state index contributed by atoms with van der Waals surface area (Å²) in [6, 6.07) is 13.4. The maximum absolute atomic E-state index is 12.3. The molecule has 0 aliphatic carbocycles. The summed E-state index contributed by atoms with van der Waals surface area (Å²) in [6.45, 7) is 1.48. The molecule has 1 N–H and O–H groups in total. The zero-order valence-corrected chi connectivity index (χ0v) is 13.2. The first kappa shape index (κ1) is 15.4. The van der Waals surface area contributed by atoms with Gasteiger partial charge < -0.3 is 0 Å². The average Bonchev–Trinajstić information content (AvgIpc) is 2.96. The number of ketones is 1. The molecule has 0 fully saturated rings. The lowest BCUT2D eigenvalue weighted by Crippen LogP contribution is -2.23. The predicted octanol–water partition coefficient (Wildman–Crippen LogP) is 2.02. The van der Waals surface area contributed by atoms with Crippen LogP contribution in [0.25, 0.3) is 5.52 Å². The summed E-state index contributed by atoms with van der Waals surface area (Å²) in [5.41, 5.74) is 1.86. The van der Waals surface area contributed by atoms with E-state index in [0.717, 1.165) is 5.52 Å². The third-order valence-electron chi connectivity index (χ3n) is 3.41. The maximum Gasteiger partial charge on any atom is 0.240 e. The molecule has 2 heterocycles. The van der Waals surface area contributed by atoms with Gasteiger partial charge in [0, 0.05) is 11.8 Å². The minimum atomic E-state index is -3.70. The van der Waals surface area contributed by atoms with Crippen LogP contribution in [0.3, 0.4) is 0 Å². The minimum absolute atomic E-state index is 0.0639. The van der Waals surface area contributed by atoms with Gasteiger partial charge in [0.2, 0.25) is 10.0 Å². The number of rotatable bonds is 5. The van der Waals surface area contributed by atoms with Gasteiger partial charge in [-0.1, -0.05) is 18.2 Å². The van der Waals surface area contributed by atoms with E-state index in [0.29, 0.717) is 11.3 Å². The predicted molar refractivity (Wildman–Crippen MR) is 85.7 cm³/mol. The van der Waals surface area contributed by atoms with Crippen LogP contribution >= 0.6 is 0 Å². The molecule has 0 bridgehead atoms. The van der Waals surface area contributed by atoms with E-state index in [9.17, 15) is 13.2 Å². The quantitative estimate of drug-likeness (QED) is 0.726. The number of fused-ring (bicyclic) bond motifs is 1. The lowest BCUT2D eigenvalue weighted by Gasteiger charge is -2.06. The van der Waals surface area contributed by atoms with Gasteiger partial charge in [0.25, 0.3) is 0 Å².